The van der Waals surface area contributed by atoms with Crippen molar-refractivity contribution >= 4 is 0 Å². The van der Waals surface area contributed by atoms with E-state index in [9.17, 15) is 0 Å². The molecule has 1 aliphatic rings. The van der Waals surface area contributed by atoms with E-state index in [-0.39, 0.29) is 12.1 Å². The highest BCUT2D eigenvalue weighted by molar-refractivity contribution is 4.82. The van der Waals surface area contributed by atoms with Gasteiger partial charge in [0.25, 0.3) is 0 Å². The number of hydrogen-bond acceptors (Lipinski definition) is 5. The fourth-order valence-corrected chi connectivity index (χ4v) is 1.47. The molecule has 1 aromatic rings. The third kappa shape index (κ3) is 2.26. The Hall–Kier alpha value is -0.940. The largest absolute Gasteiger partial charge is 0.428 e. The van der Waals surface area contributed by atoms with E-state index in [4.69, 9.17) is 14.9 Å². The summed E-state index contributed by atoms with van der Waals surface area (Å²) in [5.41, 5.74) is 5.69. The summed E-state index contributed by atoms with van der Waals surface area (Å²) in [4.78, 5) is 0. The standard InChI is InChI=1S/C8H13N3O2/c9-6-1-2-7(12-4-6)3-8-11-10-5-13-8/h5-7H,1-4,9H2/t6-,7+/m1/s1. The lowest BCUT2D eigenvalue weighted by Crippen LogP contribution is -2.36. The zero-order valence-electron chi connectivity index (χ0n) is 7.35. The number of nitrogens with zero attached hydrogens (tertiary/aromatic N) is 2. The molecule has 1 aromatic heterocycles. The lowest BCUT2D eigenvalue weighted by Gasteiger charge is -2.25. The molecule has 5 nitrogen and oxygen atoms in total. The molecule has 1 aliphatic heterocycles. The van der Waals surface area contributed by atoms with Gasteiger partial charge < -0.3 is 14.9 Å². The molecule has 2 atom stereocenters. The van der Waals surface area contributed by atoms with Gasteiger partial charge in [0.2, 0.25) is 12.3 Å². The van der Waals surface area contributed by atoms with Crippen molar-refractivity contribution in [2.75, 3.05) is 6.61 Å². The average Bonchev–Trinajstić information content (AvgIpc) is 2.62. The quantitative estimate of drug-likeness (QED) is 0.704. The van der Waals surface area contributed by atoms with E-state index in [2.05, 4.69) is 10.2 Å². The van der Waals surface area contributed by atoms with Gasteiger partial charge in [0, 0.05) is 6.04 Å². The number of nitrogens with two attached hydrogens (primary N) is 1. The average molecular weight is 183 g/mol. The van der Waals surface area contributed by atoms with Crippen LogP contribution in [0.15, 0.2) is 10.8 Å². The molecule has 72 valence electrons. The highest BCUT2D eigenvalue weighted by Gasteiger charge is 2.20. The summed E-state index contributed by atoms with van der Waals surface area (Å²) in [6.45, 7) is 0.638. The van der Waals surface area contributed by atoms with Crippen LogP contribution in [-0.2, 0) is 11.2 Å². The summed E-state index contributed by atoms with van der Waals surface area (Å²) >= 11 is 0. The molecule has 0 saturated carbocycles. The van der Waals surface area contributed by atoms with Crippen LogP contribution in [0.5, 0.6) is 0 Å². The summed E-state index contributed by atoms with van der Waals surface area (Å²) in [6.07, 6.45) is 4.22. The van der Waals surface area contributed by atoms with Gasteiger partial charge in [-0.25, -0.2) is 0 Å². The molecule has 1 fully saturated rings. The van der Waals surface area contributed by atoms with Crippen LogP contribution < -0.4 is 5.73 Å². The van der Waals surface area contributed by atoms with Gasteiger partial charge in [-0.3, -0.25) is 0 Å². The first-order valence-corrected chi connectivity index (χ1v) is 4.47. The summed E-state index contributed by atoms with van der Waals surface area (Å²) in [5.74, 6) is 0.639. The molecule has 0 spiro atoms. The highest BCUT2D eigenvalue weighted by Crippen LogP contribution is 2.15. The number of rotatable bonds is 2. The molecule has 0 bridgehead atoms. The first-order valence-electron chi connectivity index (χ1n) is 4.47. The molecule has 5 heteroatoms. The number of aromatic nitrogens is 2. The smallest absolute Gasteiger partial charge is 0.218 e. The molecule has 0 unspecified atom stereocenters. The highest BCUT2D eigenvalue weighted by atomic mass is 16.5. The van der Waals surface area contributed by atoms with Crippen molar-refractivity contribution in [1.82, 2.24) is 10.2 Å². The topological polar surface area (TPSA) is 74.2 Å². The van der Waals surface area contributed by atoms with Crippen molar-refractivity contribution in [2.45, 2.75) is 31.4 Å². The Morgan fingerprint density at radius 1 is 1.54 bits per heavy atom. The maximum atomic E-state index is 5.69. The van der Waals surface area contributed by atoms with Crippen molar-refractivity contribution in [3.8, 4) is 0 Å². The van der Waals surface area contributed by atoms with E-state index in [1.54, 1.807) is 0 Å². The monoisotopic (exact) mass is 183 g/mol. The van der Waals surface area contributed by atoms with Crippen LogP contribution in [0.4, 0.5) is 0 Å². The Morgan fingerprint density at radius 2 is 2.46 bits per heavy atom. The molecular formula is C8H13N3O2. The molecule has 0 aliphatic carbocycles. The van der Waals surface area contributed by atoms with E-state index in [0.717, 1.165) is 12.8 Å². The lowest BCUT2D eigenvalue weighted by molar-refractivity contribution is 0.00274. The fraction of sp³-hybridized carbons (Fsp3) is 0.750. The fourth-order valence-electron chi connectivity index (χ4n) is 1.47. The van der Waals surface area contributed by atoms with Gasteiger partial charge in [0.1, 0.15) is 0 Å². The number of ether oxygens (including phenoxy) is 1. The molecule has 13 heavy (non-hydrogen) atoms. The normalized spacial score (nSPS) is 29.0. The van der Waals surface area contributed by atoms with Gasteiger partial charge in [-0.05, 0) is 12.8 Å². The van der Waals surface area contributed by atoms with Crippen molar-refractivity contribution < 1.29 is 9.15 Å². The molecule has 0 radical (unpaired) electrons. The van der Waals surface area contributed by atoms with Crippen molar-refractivity contribution in [2.24, 2.45) is 5.73 Å². The maximum absolute atomic E-state index is 5.69. The molecule has 2 rings (SSSR count). The van der Waals surface area contributed by atoms with E-state index in [0.29, 0.717) is 18.9 Å². The van der Waals surface area contributed by atoms with Gasteiger partial charge in [-0.2, -0.15) is 0 Å². The van der Waals surface area contributed by atoms with Crippen LogP contribution in [0, 0.1) is 0 Å². The first-order chi connectivity index (χ1) is 6.34. The predicted molar refractivity (Wildman–Crippen MR) is 45.0 cm³/mol. The maximum Gasteiger partial charge on any atom is 0.218 e. The SMILES string of the molecule is N[C@@H]1CC[C@@H](Cc2nnco2)OC1. The van der Waals surface area contributed by atoms with Crippen LogP contribution in [0.3, 0.4) is 0 Å². The third-order valence-corrected chi connectivity index (χ3v) is 2.21. The second-order valence-electron chi connectivity index (χ2n) is 3.33. The van der Waals surface area contributed by atoms with E-state index in [1.807, 2.05) is 0 Å². The van der Waals surface area contributed by atoms with Crippen molar-refractivity contribution in [1.29, 1.82) is 0 Å². The minimum atomic E-state index is 0.193. The zero-order valence-corrected chi connectivity index (χ0v) is 7.35. The molecule has 2 heterocycles. The van der Waals surface area contributed by atoms with Gasteiger partial charge in [0.05, 0.1) is 19.1 Å². The van der Waals surface area contributed by atoms with Gasteiger partial charge in [-0.1, -0.05) is 0 Å². The van der Waals surface area contributed by atoms with E-state index >= 15 is 0 Å². The summed E-state index contributed by atoms with van der Waals surface area (Å²) in [5, 5.41) is 7.41. The molecule has 2 N–H and O–H groups in total. The van der Waals surface area contributed by atoms with Crippen molar-refractivity contribution in [3.05, 3.63) is 12.3 Å². The molecular weight excluding hydrogens is 170 g/mol. The lowest BCUT2D eigenvalue weighted by atomic mass is 10.0. The third-order valence-electron chi connectivity index (χ3n) is 2.21. The molecule has 1 saturated heterocycles. The summed E-state index contributed by atoms with van der Waals surface area (Å²) in [6, 6.07) is 0.193. The van der Waals surface area contributed by atoms with Crippen LogP contribution in [0.1, 0.15) is 18.7 Å². The van der Waals surface area contributed by atoms with E-state index < -0.39 is 0 Å². The number of hydrogen-bond donors (Lipinski definition) is 1. The Kier molecular flexibility index (Phi) is 2.56. The Balaban J connectivity index is 1.83. The Morgan fingerprint density at radius 3 is 3.08 bits per heavy atom. The van der Waals surface area contributed by atoms with Crippen LogP contribution in [-0.4, -0.2) is 29.0 Å². The van der Waals surface area contributed by atoms with Gasteiger partial charge >= 0.3 is 0 Å². The van der Waals surface area contributed by atoms with E-state index in [1.165, 1.54) is 6.39 Å². The van der Waals surface area contributed by atoms with Gasteiger partial charge in [0.15, 0.2) is 0 Å². The second-order valence-corrected chi connectivity index (χ2v) is 3.33. The zero-order chi connectivity index (χ0) is 9.10. The summed E-state index contributed by atoms with van der Waals surface area (Å²) in [7, 11) is 0. The van der Waals surface area contributed by atoms with Crippen molar-refractivity contribution in [3.63, 3.8) is 0 Å². The molecule has 0 aromatic carbocycles. The first kappa shape index (κ1) is 8.65. The van der Waals surface area contributed by atoms with Crippen LogP contribution >= 0.6 is 0 Å². The van der Waals surface area contributed by atoms with Crippen LogP contribution in [0.2, 0.25) is 0 Å². The minimum Gasteiger partial charge on any atom is -0.428 e. The minimum absolute atomic E-state index is 0.193. The molecule has 0 amide bonds. The predicted octanol–water partition coefficient (Wildman–Crippen LogP) is 0.118. The Labute approximate surface area is 76.3 Å². The second kappa shape index (κ2) is 3.85. The summed E-state index contributed by atoms with van der Waals surface area (Å²) < 4.78 is 10.5. The van der Waals surface area contributed by atoms with Gasteiger partial charge in [-0.15, -0.1) is 10.2 Å². The Bertz CT molecular complexity index is 242. The van der Waals surface area contributed by atoms with Crippen LogP contribution in [0.25, 0.3) is 0 Å².